The Balaban J connectivity index is 1.82. The lowest BCUT2D eigenvalue weighted by Crippen LogP contribution is -2.25. The minimum atomic E-state index is -1.03. The molecule has 0 atom stereocenters. The van der Waals surface area contributed by atoms with Crippen molar-refractivity contribution < 1.29 is 14.7 Å². The van der Waals surface area contributed by atoms with Crippen molar-refractivity contribution >= 4 is 23.2 Å². The van der Waals surface area contributed by atoms with Crippen LogP contribution in [0.25, 0.3) is 0 Å². The van der Waals surface area contributed by atoms with Crippen molar-refractivity contribution in [1.82, 2.24) is 10.3 Å². The first kappa shape index (κ1) is 16.2. The van der Waals surface area contributed by atoms with E-state index in [9.17, 15) is 9.59 Å². The molecule has 22 heavy (non-hydrogen) atoms. The first-order valence-electron chi connectivity index (χ1n) is 7.15. The van der Waals surface area contributed by atoms with Gasteiger partial charge in [0.25, 0.3) is 5.91 Å². The molecule has 0 saturated carbocycles. The third-order valence-electron chi connectivity index (χ3n) is 3.15. The Kier molecular flexibility index (Phi) is 5.66. The zero-order chi connectivity index (χ0) is 15.9. The average molecular weight is 318 g/mol. The van der Waals surface area contributed by atoms with E-state index in [-0.39, 0.29) is 11.6 Å². The third kappa shape index (κ3) is 4.39. The molecule has 0 fully saturated rings. The van der Waals surface area contributed by atoms with E-state index < -0.39 is 5.97 Å². The van der Waals surface area contributed by atoms with Crippen molar-refractivity contribution in [3.63, 3.8) is 0 Å². The van der Waals surface area contributed by atoms with Crippen LogP contribution in [0.2, 0.25) is 0 Å². The molecule has 0 radical (unpaired) electrons. The number of hydrogen-bond acceptors (Lipinski definition) is 4. The Bertz CT molecular complexity index is 650. The molecule has 0 spiro atoms. The number of aryl methyl sites for hydroxylation is 1. The second kappa shape index (κ2) is 7.70. The maximum atomic E-state index is 12.0. The van der Waals surface area contributed by atoms with Crippen LogP contribution in [0.5, 0.6) is 0 Å². The number of carbonyl (C=O) groups is 2. The van der Waals surface area contributed by atoms with Gasteiger partial charge in [0, 0.05) is 23.9 Å². The van der Waals surface area contributed by atoms with Gasteiger partial charge in [-0.25, -0.2) is 9.78 Å². The predicted octanol–water partition coefficient (Wildman–Crippen LogP) is 2.77. The van der Waals surface area contributed by atoms with Gasteiger partial charge in [-0.2, -0.15) is 0 Å². The van der Waals surface area contributed by atoms with Gasteiger partial charge in [0.15, 0.2) is 5.69 Å². The second-order valence-corrected chi connectivity index (χ2v) is 5.83. The van der Waals surface area contributed by atoms with E-state index in [2.05, 4.69) is 17.2 Å². The summed E-state index contributed by atoms with van der Waals surface area (Å²) in [5.41, 5.74) is 1.91. The van der Waals surface area contributed by atoms with E-state index in [0.717, 1.165) is 12.8 Å². The fraction of sp³-hybridized carbons (Fsp3) is 0.312. The summed E-state index contributed by atoms with van der Waals surface area (Å²) in [5, 5.41) is 13.8. The van der Waals surface area contributed by atoms with Crippen LogP contribution in [0, 0.1) is 0 Å². The summed E-state index contributed by atoms with van der Waals surface area (Å²) in [6, 6.07) is 7.59. The highest BCUT2D eigenvalue weighted by Crippen LogP contribution is 2.10. The quantitative estimate of drug-likeness (QED) is 0.822. The molecule has 0 aliphatic heterocycles. The Morgan fingerprint density at radius 3 is 2.55 bits per heavy atom. The van der Waals surface area contributed by atoms with Crippen molar-refractivity contribution in [3.8, 4) is 0 Å². The van der Waals surface area contributed by atoms with Gasteiger partial charge in [0.05, 0.1) is 5.01 Å². The van der Waals surface area contributed by atoms with Gasteiger partial charge in [-0.15, -0.1) is 11.3 Å². The van der Waals surface area contributed by atoms with Crippen LogP contribution < -0.4 is 5.32 Å². The number of nitrogens with zero attached hydrogens (tertiary/aromatic N) is 1. The topological polar surface area (TPSA) is 79.3 Å². The summed E-state index contributed by atoms with van der Waals surface area (Å²) < 4.78 is 0. The summed E-state index contributed by atoms with van der Waals surface area (Å²) in [5.74, 6) is -1.16. The summed E-state index contributed by atoms with van der Waals surface area (Å²) in [4.78, 5) is 26.7. The maximum absolute atomic E-state index is 12.0. The number of carboxylic acid groups (broad SMARTS) is 1. The monoisotopic (exact) mass is 318 g/mol. The zero-order valence-electron chi connectivity index (χ0n) is 12.3. The van der Waals surface area contributed by atoms with E-state index in [1.54, 1.807) is 0 Å². The SMILES string of the molecule is CCCc1ccc(C(=O)NCCc2nc(C(=O)O)cs2)cc1. The van der Waals surface area contributed by atoms with E-state index in [4.69, 9.17) is 5.11 Å². The lowest BCUT2D eigenvalue weighted by Gasteiger charge is -2.05. The summed E-state index contributed by atoms with van der Waals surface area (Å²) in [6.07, 6.45) is 2.62. The van der Waals surface area contributed by atoms with Gasteiger partial charge in [-0.3, -0.25) is 4.79 Å². The number of thiazole rings is 1. The predicted molar refractivity (Wildman–Crippen MR) is 85.5 cm³/mol. The molecule has 0 bridgehead atoms. The lowest BCUT2D eigenvalue weighted by atomic mass is 10.1. The van der Waals surface area contributed by atoms with Crippen molar-refractivity contribution in [1.29, 1.82) is 0 Å². The van der Waals surface area contributed by atoms with Crippen LogP contribution in [0.3, 0.4) is 0 Å². The van der Waals surface area contributed by atoms with E-state index in [0.29, 0.717) is 23.5 Å². The van der Waals surface area contributed by atoms with Crippen LogP contribution in [0.4, 0.5) is 0 Å². The number of amides is 1. The molecule has 1 aromatic carbocycles. The van der Waals surface area contributed by atoms with Crippen LogP contribution in [-0.2, 0) is 12.8 Å². The number of rotatable bonds is 7. The Labute approximate surface area is 133 Å². The number of nitrogens with one attached hydrogen (secondary N) is 1. The molecule has 2 rings (SSSR count). The van der Waals surface area contributed by atoms with Crippen LogP contribution in [0.15, 0.2) is 29.6 Å². The highest BCUT2D eigenvalue weighted by molar-refractivity contribution is 7.09. The molecule has 1 amide bonds. The molecular formula is C16H18N2O3S. The first-order valence-corrected chi connectivity index (χ1v) is 8.03. The minimum absolute atomic E-state index is 0.0536. The van der Waals surface area contributed by atoms with Gasteiger partial charge >= 0.3 is 5.97 Å². The Morgan fingerprint density at radius 2 is 1.95 bits per heavy atom. The highest BCUT2D eigenvalue weighted by atomic mass is 32.1. The van der Waals surface area contributed by atoms with Gasteiger partial charge in [0.1, 0.15) is 0 Å². The number of benzene rings is 1. The fourth-order valence-electron chi connectivity index (χ4n) is 2.02. The molecule has 0 saturated heterocycles. The minimum Gasteiger partial charge on any atom is -0.476 e. The van der Waals surface area contributed by atoms with Gasteiger partial charge in [-0.1, -0.05) is 25.5 Å². The summed E-state index contributed by atoms with van der Waals surface area (Å²) >= 11 is 1.29. The smallest absolute Gasteiger partial charge is 0.355 e. The van der Waals surface area contributed by atoms with Crippen LogP contribution >= 0.6 is 11.3 Å². The number of aromatic nitrogens is 1. The first-order chi connectivity index (χ1) is 10.6. The molecule has 2 aromatic rings. The number of carboxylic acids is 1. The third-order valence-corrected chi connectivity index (χ3v) is 4.06. The van der Waals surface area contributed by atoms with E-state index in [1.165, 1.54) is 22.3 Å². The van der Waals surface area contributed by atoms with Crippen molar-refractivity contribution in [2.45, 2.75) is 26.2 Å². The molecule has 0 aliphatic carbocycles. The van der Waals surface area contributed by atoms with Crippen molar-refractivity contribution in [2.75, 3.05) is 6.54 Å². The maximum Gasteiger partial charge on any atom is 0.355 e. The van der Waals surface area contributed by atoms with Crippen LogP contribution in [-0.4, -0.2) is 28.5 Å². The molecule has 0 aliphatic rings. The van der Waals surface area contributed by atoms with E-state index >= 15 is 0 Å². The molecule has 1 aromatic heterocycles. The molecule has 1 heterocycles. The van der Waals surface area contributed by atoms with Gasteiger partial charge < -0.3 is 10.4 Å². The Hall–Kier alpha value is -2.21. The Morgan fingerprint density at radius 1 is 1.23 bits per heavy atom. The van der Waals surface area contributed by atoms with Crippen LogP contribution in [0.1, 0.15) is 44.8 Å². The largest absolute Gasteiger partial charge is 0.476 e. The zero-order valence-corrected chi connectivity index (χ0v) is 13.2. The standard InChI is InChI=1S/C16H18N2O3S/c1-2-3-11-4-6-12(7-5-11)15(19)17-9-8-14-18-13(10-22-14)16(20)21/h4-7,10H,2-3,8-9H2,1H3,(H,17,19)(H,20,21). The van der Waals surface area contributed by atoms with Gasteiger partial charge in [-0.05, 0) is 24.1 Å². The number of aromatic carboxylic acids is 1. The highest BCUT2D eigenvalue weighted by Gasteiger charge is 2.09. The second-order valence-electron chi connectivity index (χ2n) is 4.88. The number of hydrogen-bond donors (Lipinski definition) is 2. The molecule has 5 nitrogen and oxygen atoms in total. The molecule has 6 heteroatoms. The fourth-order valence-corrected chi connectivity index (χ4v) is 2.79. The lowest BCUT2D eigenvalue weighted by molar-refractivity contribution is 0.0690. The van der Waals surface area contributed by atoms with E-state index in [1.807, 2.05) is 24.3 Å². The summed E-state index contributed by atoms with van der Waals surface area (Å²) in [7, 11) is 0. The van der Waals surface area contributed by atoms with Crippen molar-refractivity contribution in [3.05, 3.63) is 51.5 Å². The van der Waals surface area contributed by atoms with Crippen molar-refractivity contribution in [2.24, 2.45) is 0 Å². The molecule has 0 unspecified atom stereocenters. The normalized spacial score (nSPS) is 10.4. The molecule has 116 valence electrons. The summed E-state index contributed by atoms with van der Waals surface area (Å²) in [6.45, 7) is 2.55. The van der Waals surface area contributed by atoms with Gasteiger partial charge in [0.2, 0.25) is 0 Å². The molecular weight excluding hydrogens is 300 g/mol. The average Bonchev–Trinajstić information content (AvgIpc) is 2.97. The number of carbonyl (C=O) groups excluding carboxylic acids is 1. The molecule has 2 N–H and O–H groups in total.